The van der Waals surface area contributed by atoms with E-state index in [0.29, 0.717) is 11.7 Å². The van der Waals surface area contributed by atoms with Crippen LogP contribution in [0.15, 0.2) is 36.7 Å². The number of amides is 1. The molecule has 3 aromatic heterocycles. The summed E-state index contributed by atoms with van der Waals surface area (Å²) < 4.78 is 0. The van der Waals surface area contributed by atoms with Crippen molar-refractivity contribution in [3.8, 4) is 11.1 Å². The highest BCUT2D eigenvalue weighted by molar-refractivity contribution is 7.11. The SMILES string of the molecule is CNC(=O)c1ccc(-c2cc(C)nc(C3CCCN3Cc3cnc(C)s3)c2)cn1. The third kappa shape index (κ3) is 4.36. The van der Waals surface area contributed by atoms with Gasteiger partial charge >= 0.3 is 0 Å². The molecular weight excluding hydrogens is 382 g/mol. The van der Waals surface area contributed by atoms with Gasteiger partial charge in [0.1, 0.15) is 5.69 Å². The second-order valence-corrected chi connectivity index (χ2v) is 8.73. The van der Waals surface area contributed by atoms with E-state index in [1.165, 1.54) is 11.3 Å². The van der Waals surface area contributed by atoms with Crippen LogP contribution in [0, 0.1) is 13.8 Å². The van der Waals surface area contributed by atoms with Gasteiger partial charge in [0.25, 0.3) is 5.91 Å². The van der Waals surface area contributed by atoms with Crippen LogP contribution in [0.5, 0.6) is 0 Å². The predicted octanol–water partition coefficient (Wildman–Crippen LogP) is 3.91. The zero-order chi connectivity index (χ0) is 20.4. The van der Waals surface area contributed by atoms with Crippen molar-refractivity contribution in [1.29, 1.82) is 0 Å². The van der Waals surface area contributed by atoms with Gasteiger partial charge in [0.2, 0.25) is 0 Å². The predicted molar refractivity (Wildman–Crippen MR) is 115 cm³/mol. The summed E-state index contributed by atoms with van der Waals surface area (Å²) in [4.78, 5) is 29.1. The molecule has 1 fully saturated rings. The Morgan fingerprint density at radius 3 is 2.76 bits per heavy atom. The standard InChI is InChI=1S/C22H25N5OS/c1-14-9-17(16-6-7-19(25-11-16)22(28)23-3)10-20(26-14)21-5-4-8-27(21)13-18-12-24-15(2)29-18/h6-7,9-12,21H,4-5,8,13H2,1-3H3,(H,23,28). The van der Waals surface area contributed by atoms with Crippen LogP contribution >= 0.6 is 11.3 Å². The highest BCUT2D eigenvalue weighted by Gasteiger charge is 2.28. The first-order valence-corrected chi connectivity index (χ1v) is 10.7. The maximum absolute atomic E-state index is 11.7. The average Bonchev–Trinajstić information content (AvgIpc) is 3.36. The van der Waals surface area contributed by atoms with E-state index in [-0.39, 0.29) is 5.91 Å². The van der Waals surface area contributed by atoms with E-state index in [1.807, 2.05) is 26.1 Å². The lowest BCUT2D eigenvalue weighted by Crippen LogP contribution is -2.23. The molecule has 1 N–H and O–H groups in total. The number of pyridine rings is 2. The molecule has 29 heavy (non-hydrogen) atoms. The van der Waals surface area contributed by atoms with Gasteiger partial charge in [-0.25, -0.2) is 4.98 Å². The van der Waals surface area contributed by atoms with Crippen LogP contribution < -0.4 is 5.32 Å². The van der Waals surface area contributed by atoms with E-state index in [9.17, 15) is 4.79 Å². The summed E-state index contributed by atoms with van der Waals surface area (Å²) in [5, 5.41) is 3.71. The van der Waals surface area contributed by atoms with Gasteiger partial charge in [0, 0.05) is 42.1 Å². The lowest BCUT2D eigenvalue weighted by molar-refractivity contribution is 0.0958. The van der Waals surface area contributed by atoms with Crippen LogP contribution in [0.4, 0.5) is 0 Å². The van der Waals surface area contributed by atoms with Gasteiger partial charge in [-0.2, -0.15) is 0 Å². The topological polar surface area (TPSA) is 71.0 Å². The second kappa shape index (κ2) is 8.39. The summed E-state index contributed by atoms with van der Waals surface area (Å²) in [7, 11) is 1.61. The second-order valence-electron chi connectivity index (χ2n) is 7.41. The van der Waals surface area contributed by atoms with Crippen molar-refractivity contribution in [2.24, 2.45) is 0 Å². The summed E-state index contributed by atoms with van der Waals surface area (Å²) in [5.74, 6) is -0.178. The Morgan fingerprint density at radius 2 is 2.07 bits per heavy atom. The zero-order valence-corrected chi connectivity index (χ0v) is 17.8. The highest BCUT2D eigenvalue weighted by atomic mass is 32.1. The molecule has 4 heterocycles. The normalized spacial score (nSPS) is 16.9. The summed E-state index contributed by atoms with van der Waals surface area (Å²) in [5.41, 5.74) is 4.60. The quantitative estimate of drug-likeness (QED) is 0.694. The van der Waals surface area contributed by atoms with E-state index in [1.54, 1.807) is 30.6 Å². The summed E-state index contributed by atoms with van der Waals surface area (Å²) in [6.07, 6.45) is 6.04. The van der Waals surface area contributed by atoms with E-state index in [4.69, 9.17) is 4.98 Å². The Morgan fingerprint density at radius 1 is 1.21 bits per heavy atom. The molecule has 1 atom stereocenters. The van der Waals surface area contributed by atoms with Crippen LogP contribution in [0.3, 0.4) is 0 Å². The van der Waals surface area contributed by atoms with Crippen LogP contribution in [0.2, 0.25) is 0 Å². The number of nitrogens with one attached hydrogen (secondary N) is 1. The maximum atomic E-state index is 11.7. The molecule has 1 saturated heterocycles. The number of rotatable bonds is 5. The van der Waals surface area contributed by atoms with Gasteiger partial charge < -0.3 is 5.32 Å². The Labute approximate surface area is 175 Å². The summed E-state index contributed by atoms with van der Waals surface area (Å²) in [6.45, 7) is 6.08. The molecule has 0 spiro atoms. The third-order valence-corrected chi connectivity index (χ3v) is 6.16. The molecule has 1 aliphatic heterocycles. The molecule has 0 saturated carbocycles. The van der Waals surface area contributed by atoms with Crippen LogP contribution in [0.1, 0.15) is 50.6 Å². The van der Waals surface area contributed by atoms with Gasteiger partial charge in [-0.3, -0.25) is 19.7 Å². The largest absolute Gasteiger partial charge is 0.354 e. The van der Waals surface area contributed by atoms with Crippen LogP contribution in [0.25, 0.3) is 11.1 Å². The number of hydrogen-bond acceptors (Lipinski definition) is 6. The molecular formula is C22H25N5OS. The monoisotopic (exact) mass is 407 g/mol. The molecule has 0 radical (unpaired) electrons. The van der Waals surface area contributed by atoms with E-state index < -0.39 is 0 Å². The lowest BCUT2D eigenvalue weighted by atomic mass is 10.0. The zero-order valence-electron chi connectivity index (χ0n) is 17.0. The number of carbonyl (C=O) groups is 1. The minimum absolute atomic E-state index is 0.178. The molecule has 7 heteroatoms. The Bertz CT molecular complexity index is 1010. The van der Waals surface area contributed by atoms with E-state index >= 15 is 0 Å². The van der Waals surface area contributed by atoms with Crippen molar-refractivity contribution < 1.29 is 4.79 Å². The van der Waals surface area contributed by atoms with E-state index in [0.717, 1.165) is 47.0 Å². The van der Waals surface area contributed by atoms with Crippen LogP contribution in [-0.4, -0.2) is 39.4 Å². The molecule has 0 aromatic carbocycles. The van der Waals surface area contributed by atoms with Gasteiger partial charge in [-0.15, -0.1) is 11.3 Å². The van der Waals surface area contributed by atoms with Crippen molar-refractivity contribution in [3.63, 3.8) is 0 Å². The number of likely N-dealkylation sites (tertiary alicyclic amines) is 1. The maximum Gasteiger partial charge on any atom is 0.269 e. The Kier molecular flexibility index (Phi) is 5.69. The third-order valence-electron chi connectivity index (χ3n) is 5.26. The number of aryl methyl sites for hydroxylation is 2. The number of aromatic nitrogens is 3. The smallest absolute Gasteiger partial charge is 0.269 e. The number of hydrogen-bond donors (Lipinski definition) is 1. The van der Waals surface area contributed by atoms with Gasteiger partial charge in [0.15, 0.2) is 0 Å². The molecule has 1 aliphatic rings. The van der Waals surface area contributed by atoms with Crippen molar-refractivity contribution >= 4 is 17.2 Å². The van der Waals surface area contributed by atoms with Gasteiger partial charge in [0.05, 0.1) is 16.7 Å². The minimum Gasteiger partial charge on any atom is -0.354 e. The van der Waals surface area contributed by atoms with Gasteiger partial charge in [-0.05, 0) is 57.0 Å². The Balaban J connectivity index is 1.60. The van der Waals surface area contributed by atoms with Crippen molar-refractivity contribution in [3.05, 3.63) is 63.6 Å². The minimum atomic E-state index is -0.178. The van der Waals surface area contributed by atoms with Crippen LogP contribution in [-0.2, 0) is 6.54 Å². The van der Waals surface area contributed by atoms with Crippen molar-refractivity contribution in [2.75, 3.05) is 13.6 Å². The fourth-order valence-electron chi connectivity index (χ4n) is 3.89. The fraction of sp³-hybridized carbons (Fsp3) is 0.364. The summed E-state index contributed by atoms with van der Waals surface area (Å²) >= 11 is 1.77. The fourth-order valence-corrected chi connectivity index (χ4v) is 4.71. The molecule has 150 valence electrons. The lowest BCUT2D eigenvalue weighted by Gasteiger charge is -2.24. The molecule has 0 aliphatic carbocycles. The molecule has 1 amide bonds. The summed E-state index contributed by atoms with van der Waals surface area (Å²) in [6, 6.07) is 8.27. The number of carbonyl (C=O) groups excluding carboxylic acids is 1. The average molecular weight is 408 g/mol. The first kappa shape index (κ1) is 19.7. The van der Waals surface area contributed by atoms with Crippen molar-refractivity contribution in [1.82, 2.24) is 25.2 Å². The molecule has 0 bridgehead atoms. The van der Waals surface area contributed by atoms with Gasteiger partial charge in [-0.1, -0.05) is 6.07 Å². The Hall–Kier alpha value is -2.64. The highest BCUT2D eigenvalue weighted by Crippen LogP contribution is 2.35. The molecule has 6 nitrogen and oxygen atoms in total. The number of nitrogens with zero attached hydrogens (tertiary/aromatic N) is 4. The molecule has 1 unspecified atom stereocenters. The molecule has 4 rings (SSSR count). The van der Waals surface area contributed by atoms with E-state index in [2.05, 4.69) is 32.3 Å². The first-order valence-electron chi connectivity index (χ1n) is 9.86. The first-order chi connectivity index (χ1) is 14.0. The number of thiazole rings is 1. The molecule has 3 aromatic rings. The van der Waals surface area contributed by atoms with Crippen molar-refractivity contribution in [2.45, 2.75) is 39.3 Å².